The van der Waals surface area contributed by atoms with Gasteiger partial charge in [-0.1, -0.05) is 18.2 Å². The lowest BCUT2D eigenvalue weighted by Crippen LogP contribution is -2.40. The Kier molecular flexibility index (Phi) is 6.35. The van der Waals surface area contributed by atoms with Crippen LogP contribution in [0.2, 0.25) is 0 Å². The lowest BCUT2D eigenvalue weighted by atomic mass is 9.99. The first kappa shape index (κ1) is 20.4. The highest BCUT2D eigenvalue weighted by Gasteiger charge is 2.27. The second-order valence-corrected chi connectivity index (χ2v) is 7.69. The Labute approximate surface area is 180 Å². The van der Waals surface area contributed by atoms with Gasteiger partial charge in [0.1, 0.15) is 0 Å². The first-order valence-electron chi connectivity index (χ1n) is 10.2. The third kappa shape index (κ3) is 4.34. The van der Waals surface area contributed by atoms with Crippen LogP contribution in [0.25, 0.3) is 17.1 Å². The number of likely N-dealkylation sites (tertiary alicyclic amines) is 1. The second-order valence-electron chi connectivity index (χ2n) is 7.32. The third-order valence-electron chi connectivity index (χ3n) is 5.25. The van der Waals surface area contributed by atoms with Crippen LogP contribution in [0.5, 0.6) is 0 Å². The first-order valence-corrected chi connectivity index (χ1v) is 10.6. The van der Waals surface area contributed by atoms with Crippen molar-refractivity contribution >= 4 is 18.2 Å². The average molecular weight is 424 g/mol. The Balaban J connectivity index is 1.65. The van der Waals surface area contributed by atoms with Crippen LogP contribution in [-0.4, -0.2) is 49.9 Å². The molecular weight excluding hydrogens is 398 g/mol. The average Bonchev–Trinajstić information content (AvgIpc) is 3.11. The lowest BCUT2D eigenvalue weighted by Gasteiger charge is -2.31. The quantitative estimate of drug-likeness (QED) is 0.445. The summed E-state index contributed by atoms with van der Waals surface area (Å²) in [5.41, 5.74) is 1.91. The van der Waals surface area contributed by atoms with Gasteiger partial charge in [0.15, 0.2) is 5.82 Å². The molecule has 156 valence electrons. The van der Waals surface area contributed by atoms with Crippen molar-refractivity contribution in [3.8, 4) is 17.1 Å². The summed E-state index contributed by atoms with van der Waals surface area (Å²) in [6.45, 7) is 4.35. The number of carbonyl (C=O) groups excluding carboxylic acids is 1. The second kappa shape index (κ2) is 9.32. The molecule has 1 aliphatic rings. The van der Waals surface area contributed by atoms with E-state index in [2.05, 4.69) is 9.88 Å². The van der Waals surface area contributed by atoms with E-state index in [1.165, 1.54) is 0 Å². The number of rotatable bonds is 6. The summed E-state index contributed by atoms with van der Waals surface area (Å²) in [6, 6.07) is 13.8. The molecular formula is C22H25N5O2S. The molecule has 4 rings (SSSR count). The van der Waals surface area contributed by atoms with E-state index < -0.39 is 0 Å². The summed E-state index contributed by atoms with van der Waals surface area (Å²) in [7, 11) is 0. The van der Waals surface area contributed by atoms with E-state index in [-0.39, 0.29) is 11.9 Å². The van der Waals surface area contributed by atoms with Crippen molar-refractivity contribution in [3.63, 3.8) is 0 Å². The van der Waals surface area contributed by atoms with Gasteiger partial charge in [0.25, 0.3) is 0 Å². The van der Waals surface area contributed by atoms with Crippen LogP contribution in [0, 0.1) is 10.7 Å². The molecule has 1 fully saturated rings. The van der Waals surface area contributed by atoms with Crippen LogP contribution in [0.4, 0.5) is 0 Å². The summed E-state index contributed by atoms with van der Waals surface area (Å²) in [4.78, 5) is 18.5. The van der Waals surface area contributed by atoms with E-state index in [9.17, 15) is 4.79 Å². The third-order valence-corrected chi connectivity index (χ3v) is 5.64. The molecule has 0 radical (unpaired) electrons. The molecule has 0 amide bonds. The topological polar surface area (TPSA) is 65.2 Å². The summed E-state index contributed by atoms with van der Waals surface area (Å²) in [6.07, 6.45) is 5.32. The van der Waals surface area contributed by atoms with Gasteiger partial charge in [-0.2, -0.15) is 0 Å². The minimum absolute atomic E-state index is 0.0938. The number of piperidine rings is 1. The fourth-order valence-corrected chi connectivity index (χ4v) is 4.11. The number of aromatic nitrogens is 4. The molecule has 3 heterocycles. The number of hydrogen-bond acceptors (Lipinski definition) is 6. The van der Waals surface area contributed by atoms with Crippen LogP contribution in [-0.2, 0) is 16.2 Å². The maximum absolute atomic E-state index is 12.2. The standard InChI is InChI=1S/C22H25N5O2S/c1-2-29-21(28)18-7-6-14-25(15-18)16-26-22(30)27(19-8-4-3-5-9-19)20(24-26)17-10-12-23-13-11-17/h3-5,8-13,18H,2,6-7,14-16H2,1H3/t18-/m1/s1. The predicted molar refractivity (Wildman–Crippen MR) is 117 cm³/mol. The number of nitrogens with zero attached hydrogens (tertiary/aromatic N) is 5. The van der Waals surface area contributed by atoms with Crippen LogP contribution in [0.1, 0.15) is 19.8 Å². The van der Waals surface area contributed by atoms with Crippen LogP contribution in [0.15, 0.2) is 54.9 Å². The number of pyridine rings is 1. The van der Waals surface area contributed by atoms with Gasteiger partial charge < -0.3 is 4.74 Å². The highest BCUT2D eigenvalue weighted by molar-refractivity contribution is 7.71. The molecule has 0 bridgehead atoms. The lowest BCUT2D eigenvalue weighted by molar-refractivity contribution is -0.150. The van der Waals surface area contributed by atoms with Gasteiger partial charge in [0.05, 0.1) is 19.2 Å². The minimum atomic E-state index is -0.113. The molecule has 7 nitrogen and oxygen atoms in total. The van der Waals surface area contributed by atoms with Gasteiger partial charge in [-0.15, -0.1) is 5.10 Å². The number of ether oxygens (including phenoxy) is 1. The number of esters is 1. The summed E-state index contributed by atoms with van der Waals surface area (Å²) in [5.74, 6) is 0.564. The van der Waals surface area contributed by atoms with Crippen LogP contribution in [0.3, 0.4) is 0 Å². The minimum Gasteiger partial charge on any atom is -0.466 e. The zero-order valence-corrected chi connectivity index (χ0v) is 17.8. The van der Waals surface area contributed by atoms with Gasteiger partial charge in [-0.05, 0) is 62.8 Å². The fraction of sp³-hybridized carbons (Fsp3) is 0.364. The number of carbonyl (C=O) groups is 1. The fourth-order valence-electron chi connectivity index (χ4n) is 3.82. The van der Waals surface area contributed by atoms with Crippen molar-refractivity contribution in [2.75, 3.05) is 19.7 Å². The van der Waals surface area contributed by atoms with Crippen molar-refractivity contribution < 1.29 is 9.53 Å². The molecule has 1 aliphatic heterocycles. The summed E-state index contributed by atoms with van der Waals surface area (Å²) < 4.78 is 9.66. The van der Waals surface area contributed by atoms with E-state index in [1.54, 1.807) is 12.4 Å². The van der Waals surface area contributed by atoms with E-state index >= 15 is 0 Å². The Bertz CT molecular complexity index is 1050. The SMILES string of the molecule is CCOC(=O)[C@@H]1CCCN(Cn2nc(-c3ccncc3)n(-c3ccccc3)c2=S)C1. The molecule has 0 saturated carbocycles. The van der Waals surface area contributed by atoms with Crippen molar-refractivity contribution in [2.24, 2.45) is 5.92 Å². The molecule has 8 heteroatoms. The molecule has 0 N–H and O–H groups in total. The maximum Gasteiger partial charge on any atom is 0.310 e. The maximum atomic E-state index is 12.2. The number of benzene rings is 1. The van der Waals surface area contributed by atoms with Crippen molar-refractivity contribution in [1.29, 1.82) is 0 Å². The number of hydrogen-bond donors (Lipinski definition) is 0. The first-order chi connectivity index (χ1) is 14.7. The zero-order chi connectivity index (χ0) is 20.9. The molecule has 30 heavy (non-hydrogen) atoms. The molecule has 2 aromatic heterocycles. The summed E-state index contributed by atoms with van der Waals surface area (Å²) in [5, 5.41) is 4.85. The normalized spacial score (nSPS) is 17.0. The number of para-hydroxylation sites is 1. The molecule has 3 aromatic rings. The van der Waals surface area contributed by atoms with Gasteiger partial charge in [-0.25, -0.2) is 4.68 Å². The van der Waals surface area contributed by atoms with E-state index in [0.29, 0.717) is 24.6 Å². The van der Waals surface area contributed by atoms with E-state index in [4.69, 9.17) is 22.1 Å². The smallest absolute Gasteiger partial charge is 0.310 e. The van der Waals surface area contributed by atoms with Gasteiger partial charge in [-0.3, -0.25) is 19.2 Å². The van der Waals surface area contributed by atoms with Crippen LogP contribution >= 0.6 is 12.2 Å². The molecule has 0 spiro atoms. The van der Waals surface area contributed by atoms with Crippen molar-refractivity contribution in [3.05, 3.63) is 59.6 Å². The highest BCUT2D eigenvalue weighted by Crippen LogP contribution is 2.23. The molecule has 1 saturated heterocycles. The van der Waals surface area contributed by atoms with Crippen molar-refractivity contribution in [1.82, 2.24) is 24.2 Å². The molecule has 0 unspecified atom stereocenters. The van der Waals surface area contributed by atoms with E-state index in [0.717, 1.165) is 36.5 Å². The predicted octanol–water partition coefficient (Wildman–Crippen LogP) is 3.70. The van der Waals surface area contributed by atoms with Crippen LogP contribution < -0.4 is 0 Å². The van der Waals surface area contributed by atoms with Gasteiger partial charge >= 0.3 is 5.97 Å². The molecule has 0 aliphatic carbocycles. The largest absolute Gasteiger partial charge is 0.466 e. The van der Waals surface area contributed by atoms with E-state index in [1.807, 2.05) is 58.6 Å². The Hall–Kier alpha value is -2.84. The Morgan fingerprint density at radius 2 is 1.97 bits per heavy atom. The molecule has 1 atom stereocenters. The Morgan fingerprint density at radius 3 is 2.70 bits per heavy atom. The monoisotopic (exact) mass is 423 g/mol. The Morgan fingerprint density at radius 1 is 1.20 bits per heavy atom. The molecule has 1 aromatic carbocycles. The summed E-state index contributed by atoms with van der Waals surface area (Å²) >= 11 is 5.82. The van der Waals surface area contributed by atoms with Gasteiger partial charge in [0.2, 0.25) is 4.77 Å². The van der Waals surface area contributed by atoms with Crippen molar-refractivity contribution in [2.45, 2.75) is 26.4 Å². The zero-order valence-electron chi connectivity index (χ0n) is 17.0. The highest BCUT2D eigenvalue weighted by atomic mass is 32.1. The van der Waals surface area contributed by atoms with Gasteiger partial charge in [0, 0.05) is 30.2 Å².